The number of carbonyl (C=O) groups is 2. The van der Waals surface area contributed by atoms with Gasteiger partial charge in [0.25, 0.3) is 0 Å². The minimum Gasteiger partial charge on any atom is -0.427 e. The Morgan fingerprint density at radius 3 is 2.75 bits per heavy atom. The quantitative estimate of drug-likeness (QED) is 0.264. The maximum atomic E-state index is 10.1. The molecule has 0 atom stereocenters. The van der Waals surface area contributed by atoms with E-state index in [1.165, 1.54) is 0 Å². The highest BCUT2D eigenvalue weighted by Gasteiger charge is 1.94. The summed E-state index contributed by atoms with van der Waals surface area (Å²) in [6.45, 7) is 0.393. The lowest BCUT2D eigenvalue weighted by Crippen LogP contribution is -2.02. The average molecular weight is 132 g/mol. The van der Waals surface area contributed by atoms with Gasteiger partial charge in [-0.3, -0.25) is 9.59 Å². The van der Waals surface area contributed by atoms with E-state index in [-0.39, 0.29) is 12.2 Å². The van der Waals surface area contributed by atoms with Crippen molar-refractivity contribution in [3.63, 3.8) is 0 Å². The van der Waals surface area contributed by atoms with E-state index in [0.29, 0.717) is 23.4 Å². The molecule has 0 bridgehead atoms. The Morgan fingerprint density at radius 2 is 2.38 bits per heavy atom. The smallest absolute Gasteiger partial charge is 0.197 e. The first-order chi connectivity index (χ1) is 3.81. The average Bonchev–Trinajstić information content (AvgIpc) is 1.83. The van der Waals surface area contributed by atoms with Crippen LogP contribution >= 0.6 is 0 Å². The molecule has 0 aliphatic heterocycles. The molecule has 3 nitrogen and oxygen atoms in total. The predicted octanol–water partition coefficient (Wildman–Crippen LogP) is -1.56. The van der Waals surface area contributed by atoms with Gasteiger partial charge < -0.3 is 4.43 Å². The Balaban J connectivity index is 3.11. The van der Waals surface area contributed by atoms with Crippen LogP contribution in [0.4, 0.5) is 0 Å². The number of hydrogen-bond donors (Lipinski definition) is 0. The number of rotatable bonds is 4. The van der Waals surface area contributed by atoms with E-state index in [4.69, 9.17) is 0 Å². The van der Waals surface area contributed by atoms with Gasteiger partial charge in [0, 0.05) is 13.0 Å². The van der Waals surface area contributed by atoms with Crippen LogP contribution in [0.3, 0.4) is 0 Å². The zero-order valence-corrected chi connectivity index (χ0v) is 6.72. The van der Waals surface area contributed by atoms with Crippen molar-refractivity contribution in [2.45, 2.75) is 6.42 Å². The van der Waals surface area contributed by atoms with Crippen LogP contribution in [0.2, 0.25) is 0 Å². The lowest BCUT2D eigenvalue weighted by atomic mass is 10.3. The van der Waals surface area contributed by atoms with Crippen molar-refractivity contribution in [3.05, 3.63) is 0 Å². The minimum atomic E-state index is -0.388. The summed E-state index contributed by atoms with van der Waals surface area (Å²) in [7, 11) is 0.629. The van der Waals surface area contributed by atoms with Crippen LogP contribution in [-0.2, 0) is 14.0 Å². The molecule has 0 N–H and O–H groups in total. The van der Waals surface area contributed by atoms with E-state index in [0.717, 1.165) is 0 Å². The maximum absolute atomic E-state index is 10.1. The number of Topliss-reactive ketones (excluding diaryl/α,β-unsaturated/α-hetero) is 1. The molecule has 0 unspecified atom stereocenters. The second-order valence-corrected chi connectivity index (χ2v) is 1.90. The summed E-state index contributed by atoms with van der Waals surface area (Å²) in [6.07, 6.45) is 0.549. The van der Waals surface area contributed by atoms with Gasteiger partial charge in [-0.25, -0.2) is 0 Å². The Hall–Kier alpha value is -0.483. The second-order valence-electron chi connectivity index (χ2n) is 1.33. The Bertz CT molecular complexity index is 91.3. The largest absolute Gasteiger partial charge is 0.427 e. The first-order valence-corrected chi connectivity index (χ1v) is 3.10. The molecule has 0 radical (unpaired) electrons. The van der Waals surface area contributed by atoms with Gasteiger partial charge in [0.05, 0.1) is 0 Å². The van der Waals surface area contributed by atoms with E-state index in [2.05, 4.69) is 4.43 Å². The molecule has 0 spiro atoms. The van der Waals surface area contributed by atoms with Crippen LogP contribution in [0.5, 0.6) is 0 Å². The molecule has 0 aromatic carbocycles. The van der Waals surface area contributed by atoms with Crippen LogP contribution < -0.4 is 0 Å². The monoisotopic (exact) mass is 132 g/mol. The molecule has 46 valence electrons. The molecule has 0 aliphatic rings. The molecular weight excluding hydrogens is 124 g/mol. The summed E-state index contributed by atoms with van der Waals surface area (Å²) >= 11 is 0. The fraction of sp³-hybridized carbons (Fsp3) is 0.500. The lowest BCUT2D eigenvalue weighted by Gasteiger charge is -1.89. The van der Waals surface area contributed by atoms with E-state index in [1.54, 1.807) is 0 Å². The molecule has 0 heterocycles. The zero-order chi connectivity index (χ0) is 6.41. The van der Waals surface area contributed by atoms with Crippen molar-refractivity contribution >= 4 is 22.6 Å². The van der Waals surface area contributed by atoms with Crippen LogP contribution in [0.25, 0.3) is 0 Å². The van der Waals surface area contributed by atoms with Gasteiger partial charge in [-0.1, -0.05) is 0 Å². The van der Waals surface area contributed by atoms with Gasteiger partial charge in [0.2, 0.25) is 0 Å². The molecule has 8 heavy (non-hydrogen) atoms. The molecule has 0 saturated heterocycles. The van der Waals surface area contributed by atoms with Crippen LogP contribution in [-0.4, -0.2) is 29.2 Å². The fourth-order valence-electron chi connectivity index (χ4n) is 0.262. The van der Waals surface area contributed by atoms with Crippen molar-refractivity contribution in [2.75, 3.05) is 6.61 Å². The standard InChI is InChI=1S/C4H8O3Si/c5-3-4(6)1-2-7-8/h3H,1-2H2,8H3. The summed E-state index contributed by atoms with van der Waals surface area (Å²) < 4.78 is 4.67. The number of carbonyl (C=O) groups excluding carboxylic acids is 2. The Morgan fingerprint density at radius 1 is 1.75 bits per heavy atom. The van der Waals surface area contributed by atoms with E-state index in [9.17, 15) is 9.59 Å². The molecule has 0 aromatic heterocycles. The SMILES string of the molecule is O=CC(=O)CCO[SiH3]. The fourth-order valence-corrected chi connectivity index (χ4v) is 0.466. The molecule has 0 amide bonds. The van der Waals surface area contributed by atoms with Crippen LogP contribution in [0.15, 0.2) is 0 Å². The van der Waals surface area contributed by atoms with Gasteiger partial charge >= 0.3 is 0 Å². The Labute approximate surface area is 50.6 Å². The highest BCUT2D eigenvalue weighted by atomic mass is 28.2. The first kappa shape index (κ1) is 7.52. The van der Waals surface area contributed by atoms with Gasteiger partial charge in [-0.05, 0) is 0 Å². The van der Waals surface area contributed by atoms with Crippen molar-refractivity contribution in [1.82, 2.24) is 0 Å². The third kappa shape index (κ3) is 3.70. The van der Waals surface area contributed by atoms with Crippen molar-refractivity contribution in [3.8, 4) is 0 Å². The lowest BCUT2D eigenvalue weighted by molar-refractivity contribution is -0.130. The molecule has 4 heteroatoms. The molecule has 0 aliphatic carbocycles. The first-order valence-electron chi connectivity index (χ1n) is 2.28. The minimum absolute atomic E-state index is 0.229. The van der Waals surface area contributed by atoms with Crippen molar-refractivity contribution < 1.29 is 14.0 Å². The van der Waals surface area contributed by atoms with Gasteiger partial charge in [0.1, 0.15) is 10.5 Å². The van der Waals surface area contributed by atoms with Crippen LogP contribution in [0, 0.1) is 0 Å². The number of aldehydes is 1. The van der Waals surface area contributed by atoms with Crippen molar-refractivity contribution in [1.29, 1.82) is 0 Å². The molecule has 0 aromatic rings. The molecule has 0 fully saturated rings. The summed E-state index contributed by atoms with van der Waals surface area (Å²) in [6, 6.07) is 0. The predicted molar refractivity (Wildman–Crippen MR) is 31.6 cm³/mol. The third-order valence-corrected chi connectivity index (χ3v) is 1.09. The van der Waals surface area contributed by atoms with Gasteiger partial charge in [-0.2, -0.15) is 0 Å². The zero-order valence-electron chi connectivity index (χ0n) is 4.72. The molecule has 0 saturated carbocycles. The van der Waals surface area contributed by atoms with Crippen LogP contribution in [0.1, 0.15) is 6.42 Å². The van der Waals surface area contributed by atoms with Gasteiger partial charge in [-0.15, -0.1) is 0 Å². The molecule has 0 rings (SSSR count). The second kappa shape index (κ2) is 4.67. The number of ketones is 1. The van der Waals surface area contributed by atoms with E-state index < -0.39 is 0 Å². The Kier molecular flexibility index (Phi) is 4.39. The highest BCUT2D eigenvalue weighted by Crippen LogP contribution is 1.77. The van der Waals surface area contributed by atoms with Gasteiger partial charge in [0.15, 0.2) is 12.1 Å². The summed E-state index contributed by atoms with van der Waals surface area (Å²) in [5.41, 5.74) is 0. The van der Waals surface area contributed by atoms with Crippen molar-refractivity contribution in [2.24, 2.45) is 0 Å². The summed E-state index contributed by atoms with van der Waals surface area (Å²) in [5, 5.41) is 0. The summed E-state index contributed by atoms with van der Waals surface area (Å²) in [5.74, 6) is -0.388. The third-order valence-electron chi connectivity index (χ3n) is 0.684. The topological polar surface area (TPSA) is 43.4 Å². The van der Waals surface area contributed by atoms with E-state index in [1.807, 2.05) is 0 Å². The normalized spacial score (nSPS) is 9.00. The highest BCUT2D eigenvalue weighted by molar-refractivity contribution is 6.24. The van der Waals surface area contributed by atoms with E-state index >= 15 is 0 Å². The maximum Gasteiger partial charge on any atom is 0.197 e. The summed E-state index contributed by atoms with van der Waals surface area (Å²) in [4.78, 5) is 19.8. The number of hydrogen-bond acceptors (Lipinski definition) is 3. The molecular formula is C4H8O3Si.